The number of anilines is 1. The number of ether oxygens (including phenoxy) is 1. The minimum atomic E-state index is -4.61. The summed E-state index contributed by atoms with van der Waals surface area (Å²) in [5, 5.41) is 10.7. The molecule has 4 aromatic rings. The van der Waals surface area contributed by atoms with E-state index in [1.165, 1.54) is 13.2 Å². The van der Waals surface area contributed by atoms with Crippen molar-refractivity contribution in [3.05, 3.63) is 60.0 Å². The monoisotopic (exact) mass is 486 g/mol. The third-order valence-corrected chi connectivity index (χ3v) is 5.84. The van der Waals surface area contributed by atoms with E-state index >= 15 is 0 Å². The molecule has 4 aromatic heterocycles. The maximum Gasteiger partial charge on any atom is 0.433 e. The Morgan fingerprint density at radius 2 is 2.06 bits per heavy atom. The van der Waals surface area contributed by atoms with Gasteiger partial charge in [-0.3, -0.25) is 9.78 Å². The Kier molecular flexibility index (Phi) is 5.89. The van der Waals surface area contributed by atoms with Crippen molar-refractivity contribution < 1.29 is 27.1 Å². The van der Waals surface area contributed by atoms with Crippen LogP contribution in [-0.4, -0.2) is 45.7 Å². The molecule has 0 unspecified atom stereocenters. The highest BCUT2D eigenvalue weighted by molar-refractivity contribution is 6.04. The van der Waals surface area contributed by atoms with E-state index in [9.17, 15) is 18.0 Å². The van der Waals surface area contributed by atoms with Crippen molar-refractivity contribution in [1.82, 2.24) is 24.9 Å². The molecule has 0 bridgehead atoms. The molecule has 1 aliphatic rings. The van der Waals surface area contributed by atoms with Gasteiger partial charge in [-0.15, -0.1) is 0 Å². The van der Waals surface area contributed by atoms with Gasteiger partial charge in [0.2, 0.25) is 5.89 Å². The Morgan fingerprint density at radius 1 is 1.26 bits per heavy atom. The molecule has 12 heteroatoms. The topological polar surface area (TPSA) is 107 Å². The zero-order valence-electron chi connectivity index (χ0n) is 18.6. The average molecular weight is 486 g/mol. The highest BCUT2D eigenvalue weighted by Gasteiger charge is 2.33. The molecule has 5 rings (SSSR count). The quantitative estimate of drug-likeness (QED) is 0.437. The summed E-state index contributed by atoms with van der Waals surface area (Å²) in [5.41, 5.74) is 1.03. The van der Waals surface area contributed by atoms with Gasteiger partial charge in [0.05, 0.1) is 30.2 Å². The number of carbonyl (C=O) groups is 1. The third kappa shape index (κ3) is 4.69. The number of amides is 1. The Hall–Kier alpha value is -3.93. The Bertz CT molecular complexity index is 1370. The fraction of sp³-hybridized carbons (Fsp3) is 0.304. The van der Waals surface area contributed by atoms with E-state index in [4.69, 9.17) is 9.15 Å². The second-order valence-corrected chi connectivity index (χ2v) is 8.14. The summed E-state index contributed by atoms with van der Waals surface area (Å²) in [4.78, 5) is 20.2. The summed E-state index contributed by atoms with van der Waals surface area (Å²) in [5.74, 6) is 0.0111. The minimum absolute atomic E-state index is 0.0510. The first-order valence-electron chi connectivity index (χ1n) is 10.9. The van der Waals surface area contributed by atoms with Crippen LogP contribution in [0.3, 0.4) is 0 Å². The van der Waals surface area contributed by atoms with Crippen LogP contribution in [0.4, 0.5) is 18.9 Å². The summed E-state index contributed by atoms with van der Waals surface area (Å²) in [6.07, 6.45) is 1.16. The molecule has 5 heterocycles. The summed E-state index contributed by atoms with van der Waals surface area (Å²) < 4.78 is 51.2. The Balaban J connectivity index is 1.38. The molecule has 0 atom stereocenters. The molecule has 0 spiro atoms. The number of hydrogen-bond donors (Lipinski definition) is 2. The smallest absolute Gasteiger partial charge is 0.433 e. The number of rotatable bonds is 5. The van der Waals surface area contributed by atoms with Crippen LogP contribution < -0.4 is 15.4 Å². The molecule has 1 saturated heterocycles. The van der Waals surface area contributed by atoms with Crippen molar-refractivity contribution in [2.45, 2.75) is 24.9 Å². The lowest BCUT2D eigenvalue weighted by atomic mass is 9.95. The van der Waals surface area contributed by atoms with Gasteiger partial charge >= 0.3 is 6.18 Å². The number of hydrogen-bond acceptors (Lipinski definition) is 7. The standard InChI is InChI=1S/C23H21F3N6O3/c1-34-19-11-32-15(9-16(31-32)13-2-5-27-6-3-13)10-17(19)29-21(33)18-12-35-22(30-18)14-4-7-28-20(8-14)23(24,25)26/h4,7-13,27H,2-3,5-6H2,1H3,(H,29,33). The van der Waals surface area contributed by atoms with Gasteiger partial charge in [0.1, 0.15) is 12.0 Å². The lowest BCUT2D eigenvalue weighted by Crippen LogP contribution is -2.26. The number of alkyl halides is 3. The zero-order chi connectivity index (χ0) is 24.6. The van der Waals surface area contributed by atoms with E-state index in [0.29, 0.717) is 17.4 Å². The van der Waals surface area contributed by atoms with E-state index in [0.717, 1.165) is 55.7 Å². The van der Waals surface area contributed by atoms with Gasteiger partial charge in [-0.1, -0.05) is 0 Å². The highest BCUT2D eigenvalue weighted by Crippen LogP contribution is 2.32. The molecule has 0 radical (unpaired) electrons. The van der Waals surface area contributed by atoms with Crippen LogP contribution in [0.15, 0.2) is 47.3 Å². The van der Waals surface area contributed by atoms with Crippen LogP contribution >= 0.6 is 0 Å². The summed E-state index contributed by atoms with van der Waals surface area (Å²) in [6, 6.07) is 5.86. The molecule has 0 aromatic carbocycles. The molecular formula is C23H21F3N6O3. The number of nitrogens with one attached hydrogen (secondary N) is 2. The normalized spacial score (nSPS) is 14.9. The van der Waals surface area contributed by atoms with Gasteiger partial charge in [0, 0.05) is 17.7 Å². The Morgan fingerprint density at radius 3 is 2.80 bits per heavy atom. The van der Waals surface area contributed by atoms with Crippen LogP contribution in [-0.2, 0) is 6.18 Å². The Labute approximate surface area is 197 Å². The number of piperidine rings is 1. The predicted molar refractivity (Wildman–Crippen MR) is 119 cm³/mol. The zero-order valence-corrected chi connectivity index (χ0v) is 18.6. The van der Waals surface area contributed by atoms with Crippen molar-refractivity contribution in [2.24, 2.45) is 0 Å². The van der Waals surface area contributed by atoms with Gasteiger partial charge in [-0.2, -0.15) is 18.3 Å². The molecule has 182 valence electrons. The molecule has 2 N–H and O–H groups in total. The highest BCUT2D eigenvalue weighted by atomic mass is 19.4. The molecule has 1 fully saturated rings. The number of carbonyl (C=O) groups excluding carboxylic acids is 1. The van der Waals surface area contributed by atoms with Gasteiger partial charge in [-0.25, -0.2) is 9.50 Å². The third-order valence-electron chi connectivity index (χ3n) is 5.84. The van der Waals surface area contributed by atoms with E-state index in [-0.39, 0.29) is 17.1 Å². The van der Waals surface area contributed by atoms with E-state index in [1.54, 1.807) is 16.8 Å². The molecular weight excluding hydrogens is 465 g/mol. The van der Waals surface area contributed by atoms with Gasteiger partial charge in [0.15, 0.2) is 11.4 Å². The first-order chi connectivity index (χ1) is 16.8. The first-order valence-corrected chi connectivity index (χ1v) is 10.9. The molecule has 0 aliphatic carbocycles. The van der Waals surface area contributed by atoms with Crippen molar-refractivity contribution in [3.63, 3.8) is 0 Å². The van der Waals surface area contributed by atoms with E-state index in [2.05, 4.69) is 25.7 Å². The summed E-state index contributed by atoms with van der Waals surface area (Å²) >= 11 is 0. The molecule has 1 aliphatic heterocycles. The van der Waals surface area contributed by atoms with Crippen molar-refractivity contribution >= 4 is 17.1 Å². The maximum absolute atomic E-state index is 13.0. The number of nitrogens with zero attached hydrogens (tertiary/aromatic N) is 4. The number of methoxy groups -OCH3 is 1. The van der Waals surface area contributed by atoms with E-state index < -0.39 is 17.8 Å². The number of pyridine rings is 2. The van der Waals surface area contributed by atoms with Crippen LogP contribution in [0.1, 0.15) is 40.6 Å². The van der Waals surface area contributed by atoms with Crippen LogP contribution in [0, 0.1) is 0 Å². The molecule has 1 amide bonds. The molecule has 35 heavy (non-hydrogen) atoms. The number of oxazole rings is 1. The first kappa shape index (κ1) is 22.8. The number of fused-ring (bicyclic) bond motifs is 1. The van der Waals surface area contributed by atoms with Gasteiger partial charge in [-0.05, 0) is 50.2 Å². The van der Waals surface area contributed by atoms with E-state index in [1.807, 2.05) is 6.07 Å². The van der Waals surface area contributed by atoms with Gasteiger partial charge < -0.3 is 19.8 Å². The number of halogens is 3. The van der Waals surface area contributed by atoms with Gasteiger partial charge in [0.25, 0.3) is 5.91 Å². The largest absolute Gasteiger partial charge is 0.493 e. The van der Waals surface area contributed by atoms with Crippen LogP contribution in [0.25, 0.3) is 17.0 Å². The lowest BCUT2D eigenvalue weighted by molar-refractivity contribution is -0.141. The fourth-order valence-electron chi connectivity index (χ4n) is 4.03. The second-order valence-electron chi connectivity index (χ2n) is 8.14. The molecule has 0 saturated carbocycles. The number of aromatic nitrogens is 4. The molecule has 9 nitrogen and oxygen atoms in total. The second kappa shape index (κ2) is 9.02. The fourth-order valence-corrected chi connectivity index (χ4v) is 4.03. The van der Waals surface area contributed by atoms with Crippen molar-refractivity contribution in [3.8, 4) is 17.2 Å². The average Bonchev–Trinajstić information content (AvgIpc) is 3.51. The SMILES string of the molecule is COc1cn2nc(C3CCNCC3)cc2cc1NC(=O)c1coc(-c2ccnc(C(F)(F)F)c2)n1. The van der Waals surface area contributed by atoms with Crippen molar-refractivity contribution in [2.75, 3.05) is 25.5 Å². The lowest BCUT2D eigenvalue weighted by Gasteiger charge is -2.20. The summed E-state index contributed by atoms with van der Waals surface area (Å²) in [7, 11) is 1.48. The summed E-state index contributed by atoms with van der Waals surface area (Å²) in [6.45, 7) is 1.89. The van der Waals surface area contributed by atoms with Crippen LogP contribution in [0.5, 0.6) is 5.75 Å². The maximum atomic E-state index is 13.0. The minimum Gasteiger partial charge on any atom is -0.493 e. The van der Waals surface area contributed by atoms with Crippen LogP contribution in [0.2, 0.25) is 0 Å². The van der Waals surface area contributed by atoms with Crippen molar-refractivity contribution in [1.29, 1.82) is 0 Å². The predicted octanol–water partition coefficient (Wildman–Crippen LogP) is 4.13.